The normalized spacial score (nSPS) is 26.0. The van der Waals surface area contributed by atoms with E-state index in [2.05, 4.69) is 13.8 Å². The van der Waals surface area contributed by atoms with Crippen molar-refractivity contribution in [3.8, 4) is 5.75 Å². The van der Waals surface area contributed by atoms with E-state index in [-0.39, 0.29) is 12.2 Å². The van der Waals surface area contributed by atoms with Crippen molar-refractivity contribution in [1.82, 2.24) is 0 Å². The van der Waals surface area contributed by atoms with Crippen LogP contribution >= 0.6 is 11.6 Å². The summed E-state index contributed by atoms with van der Waals surface area (Å²) < 4.78 is 16.7. The number of hydrogen-bond donors (Lipinski definition) is 2. The average molecular weight is 345 g/mol. The number of quaternary nitrogens is 1. The van der Waals surface area contributed by atoms with E-state index in [1.54, 1.807) is 12.1 Å². The summed E-state index contributed by atoms with van der Waals surface area (Å²) in [6.07, 6.45) is 0.0299. The number of aliphatic hydroxyl groups is 1. The van der Waals surface area contributed by atoms with Gasteiger partial charge in [-0.2, -0.15) is 0 Å². The van der Waals surface area contributed by atoms with Gasteiger partial charge in [0.15, 0.2) is 0 Å². The summed E-state index contributed by atoms with van der Waals surface area (Å²) in [6.45, 7) is 7.94. The molecule has 5 nitrogen and oxygen atoms in total. The highest BCUT2D eigenvalue weighted by molar-refractivity contribution is 6.30. The molecular weight excluding hydrogens is 318 g/mol. The molecule has 2 rings (SSSR count). The molecule has 1 saturated heterocycles. The number of aliphatic hydroxyl groups excluding tert-OH is 1. The van der Waals surface area contributed by atoms with Crippen LogP contribution in [0, 0.1) is 0 Å². The number of hydrogen-bond acceptors (Lipinski definition) is 4. The van der Waals surface area contributed by atoms with Gasteiger partial charge in [-0.1, -0.05) is 11.6 Å². The van der Waals surface area contributed by atoms with E-state index in [1.165, 1.54) is 4.90 Å². The number of ether oxygens (including phenoxy) is 3. The van der Waals surface area contributed by atoms with Gasteiger partial charge < -0.3 is 24.2 Å². The molecule has 130 valence electrons. The molecule has 0 radical (unpaired) electrons. The molecule has 0 aliphatic carbocycles. The minimum Gasteiger partial charge on any atom is -0.491 e. The SMILES string of the molecule is C[C@@H]1C[NH+](C[C@H](O)COCCOc2ccc(Cl)cc2)C[C@@H](C)O1. The van der Waals surface area contributed by atoms with Crippen LogP contribution in [0.25, 0.3) is 0 Å². The van der Waals surface area contributed by atoms with E-state index in [0.717, 1.165) is 18.8 Å². The molecule has 0 bridgehead atoms. The lowest BCUT2D eigenvalue weighted by molar-refractivity contribution is -0.918. The number of halogens is 1. The summed E-state index contributed by atoms with van der Waals surface area (Å²) >= 11 is 5.81. The largest absolute Gasteiger partial charge is 0.491 e. The fourth-order valence-corrected chi connectivity index (χ4v) is 3.04. The molecule has 1 aromatic rings. The highest BCUT2D eigenvalue weighted by Gasteiger charge is 2.27. The quantitative estimate of drug-likeness (QED) is 0.685. The molecule has 0 unspecified atom stereocenters. The zero-order valence-electron chi connectivity index (χ0n) is 13.8. The van der Waals surface area contributed by atoms with Crippen molar-refractivity contribution < 1.29 is 24.2 Å². The summed E-state index contributed by atoms with van der Waals surface area (Å²) in [5.41, 5.74) is 0. The first-order chi connectivity index (χ1) is 11.0. The van der Waals surface area contributed by atoms with Crippen molar-refractivity contribution in [2.24, 2.45) is 0 Å². The third kappa shape index (κ3) is 7.06. The van der Waals surface area contributed by atoms with Gasteiger partial charge in [0, 0.05) is 5.02 Å². The summed E-state index contributed by atoms with van der Waals surface area (Å²) in [6, 6.07) is 7.21. The van der Waals surface area contributed by atoms with E-state index in [0.29, 0.717) is 31.4 Å². The second-order valence-corrected chi connectivity index (χ2v) is 6.59. The van der Waals surface area contributed by atoms with E-state index >= 15 is 0 Å². The standard InChI is InChI=1S/C17H26ClNO4/c1-13-9-19(10-14(2)23-13)11-16(20)12-21-7-8-22-17-5-3-15(18)4-6-17/h3-6,13-14,16,20H,7-12H2,1-2H3/p+1/t13-,14-,16+/m1/s1. The number of benzene rings is 1. The molecule has 1 fully saturated rings. The molecule has 1 heterocycles. The van der Waals surface area contributed by atoms with Crippen LogP contribution in [0.2, 0.25) is 5.02 Å². The summed E-state index contributed by atoms with van der Waals surface area (Å²) in [5.74, 6) is 0.763. The second kappa shape index (κ2) is 9.45. The van der Waals surface area contributed by atoms with Crippen molar-refractivity contribution in [1.29, 1.82) is 0 Å². The van der Waals surface area contributed by atoms with Gasteiger partial charge in [0.05, 0.1) is 13.2 Å². The van der Waals surface area contributed by atoms with Gasteiger partial charge in [0.2, 0.25) is 0 Å². The third-order valence-electron chi connectivity index (χ3n) is 3.76. The smallest absolute Gasteiger partial charge is 0.126 e. The van der Waals surface area contributed by atoms with Crippen LogP contribution in [-0.4, -0.2) is 62.9 Å². The summed E-state index contributed by atoms with van der Waals surface area (Å²) in [4.78, 5) is 1.37. The van der Waals surface area contributed by atoms with E-state index < -0.39 is 6.10 Å². The first-order valence-electron chi connectivity index (χ1n) is 8.16. The Morgan fingerprint density at radius 2 is 1.87 bits per heavy atom. The molecule has 3 atom stereocenters. The highest BCUT2D eigenvalue weighted by Crippen LogP contribution is 2.15. The second-order valence-electron chi connectivity index (χ2n) is 6.15. The maximum absolute atomic E-state index is 10.1. The first-order valence-corrected chi connectivity index (χ1v) is 8.54. The van der Waals surface area contributed by atoms with Crippen LogP contribution in [0.15, 0.2) is 24.3 Å². The Kier molecular flexibility index (Phi) is 7.59. The lowest BCUT2D eigenvalue weighted by atomic mass is 10.2. The van der Waals surface area contributed by atoms with E-state index in [1.807, 2.05) is 12.1 Å². The lowest BCUT2D eigenvalue weighted by Gasteiger charge is -2.33. The molecule has 1 aromatic carbocycles. The molecule has 23 heavy (non-hydrogen) atoms. The van der Waals surface area contributed by atoms with Gasteiger partial charge in [0.1, 0.15) is 50.3 Å². The van der Waals surface area contributed by atoms with Crippen LogP contribution in [-0.2, 0) is 9.47 Å². The van der Waals surface area contributed by atoms with Crippen molar-refractivity contribution in [2.45, 2.75) is 32.2 Å². The fourth-order valence-electron chi connectivity index (χ4n) is 2.92. The Labute approximate surface area is 143 Å². The minimum absolute atomic E-state index is 0.245. The Morgan fingerprint density at radius 3 is 2.52 bits per heavy atom. The average Bonchev–Trinajstić information content (AvgIpc) is 2.47. The van der Waals surface area contributed by atoms with Gasteiger partial charge in [-0.3, -0.25) is 0 Å². The maximum Gasteiger partial charge on any atom is 0.126 e. The molecule has 0 aromatic heterocycles. The molecule has 2 N–H and O–H groups in total. The topological polar surface area (TPSA) is 52.4 Å². The fraction of sp³-hybridized carbons (Fsp3) is 0.647. The van der Waals surface area contributed by atoms with E-state index in [4.69, 9.17) is 25.8 Å². The third-order valence-corrected chi connectivity index (χ3v) is 4.01. The highest BCUT2D eigenvalue weighted by atomic mass is 35.5. The van der Waals surface area contributed by atoms with Crippen molar-refractivity contribution >= 4 is 11.6 Å². The molecule has 6 heteroatoms. The molecule has 0 amide bonds. The minimum atomic E-state index is -0.460. The number of rotatable bonds is 8. The van der Waals surface area contributed by atoms with Gasteiger partial charge in [-0.25, -0.2) is 0 Å². The Bertz CT molecular complexity index is 446. The van der Waals surface area contributed by atoms with Crippen molar-refractivity contribution in [2.75, 3.05) is 39.5 Å². The number of morpholine rings is 1. The zero-order valence-corrected chi connectivity index (χ0v) is 14.6. The lowest BCUT2D eigenvalue weighted by Crippen LogP contribution is -3.16. The van der Waals surface area contributed by atoms with Gasteiger partial charge in [0.25, 0.3) is 0 Å². The maximum atomic E-state index is 10.1. The Hall–Kier alpha value is -0.850. The Balaban J connectivity index is 1.56. The van der Waals surface area contributed by atoms with Crippen molar-refractivity contribution in [3.05, 3.63) is 29.3 Å². The first kappa shape index (κ1) is 18.5. The zero-order chi connectivity index (χ0) is 16.7. The van der Waals surface area contributed by atoms with Gasteiger partial charge >= 0.3 is 0 Å². The molecule has 1 aliphatic rings. The van der Waals surface area contributed by atoms with Crippen LogP contribution in [0.3, 0.4) is 0 Å². The summed E-state index contributed by atoms with van der Waals surface area (Å²) in [7, 11) is 0. The van der Waals surface area contributed by atoms with Crippen LogP contribution in [0.5, 0.6) is 5.75 Å². The predicted molar refractivity (Wildman–Crippen MR) is 89.3 cm³/mol. The molecule has 0 saturated carbocycles. The van der Waals surface area contributed by atoms with Crippen LogP contribution < -0.4 is 9.64 Å². The molecule has 1 aliphatic heterocycles. The van der Waals surface area contributed by atoms with Gasteiger partial charge in [-0.05, 0) is 38.1 Å². The van der Waals surface area contributed by atoms with Crippen molar-refractivity contribution in [3.63, 3.8) is 0 Å². The monoisotopic (exact) mass is 344 g/mol. The summed E-state index contributed by atoms with van der Waals surface area (Å²) in [5, 5.41) is 10.8. The van der Waals surface area contributed by atoms with E-state index in [9.17, 15) is 5.11 Å². The molecular formula is C17H27ClNO4+. The van der Waals surface area contributed by atoms with Crippen LogP contribution in [0.4, 0.5) is 0 Å². The predicted octanol–water partition coefficient (Wildman–Crippen LogP) is 0.788. The van der Waals surface area contributed by atoms with Crippen LogP contribution in [0.1, 0.15) is 13.8 Å². The van der Waals surface area contributed by atoms with Gasteiger partial charge in [-0.15, -0.1) is 0 Å². The number of nitrogens with one attached hydrogen (secondary N) is 1. The molecule has 0 spiro atoms. The Morgan fingerprint density at radius 1 is 1.22 bits per heavy atom.